The van der Waals surface area contributed by atoms with Crippen LogP contribution in [0.2, 0.25) is 0 Å². The molecule has 0 bridgehead atoms. The van der Waals surface area contributed by atoms with Gasteiger partial charge in [0, 0.05) is 11.1 Å². The highest BCUT2D eigenvalue weighted by atomic mass is 32.2. The number of ether oxygens (including phenoxy) is 1. The first-order valence-electron chi connectivity index (χ1n) is 4.78. The largest absolute Gasteiger partial charge is 0.488 e. The van der Waals surface area contributed by atoms with Crippen molar-refractivity contribution in [3.8, 4) is 5.75 Å². The van der Waals surface area contributed by atoms with Crippen molar-refractivity contribution < 1.29 is 17.9 Å². The monoisotopic (exact) mass is 249 g/mol. The molecule has 0 radical (unpaired) electrons. The first-order valence-corrected chi connectivity index (χ1v) is 6.01. The van der Waals surface area contributed by atoms with Gasteiger partial charge in [-0.15, -0.1) is 11.8 Å². The van der Waals surface area contributed by atoms with Crippen LogP contribution >= 0.6 is 11.8 Å². The molecule has 0 N–H and O–H groups in total. The molecule has 1 aliphatic carbocycles. The normalized spacial score (nSPS) is 16.2. The lowest BCUT2D eigenvalue weighted by atomic mass is 10.3. The van der Waals surface area contributed by atoms with Crippen LogP contribution in [-0.4, -0.2) is 17.3 Å². The third-order valence-corrected chi connectivity index (χ3v) is 2.84. The maximum atomic E-state index is 12.6. The summed E-state index contributed by atoms with van der Waals surface area (Å²) in [4.78, 5) is 4.10. The van der Waals surface area contributed by atoms with Gasteiger partial charge in [-0.1, -0.05) is 0 Å². The van der Waals surface area contributed by atoms with Crippen molar-refractivity contribution in [3.05, 3.63) is 18.0 Å². The molecular weight excluding hydrogens is 239 g/mol. The number of nitrogens with zero attached hydrogens (tertiary/aromatic N) is 1. The van der Waals surface area contributed by atoms with Crippen LogP contribution < -0.4 is 4.74 Å². The van der Waals surface area contributed by atoms with E-state index in [1.807, 2.05) is 0 Å². The van der Waals surface area contributed by atoms with Gasteiger partial charge in [-0.25, -0.2) is 4.98 Å². The summed E-state index contributed by atoms with van der Waals surface area (Å²) in [6.45, 7) is 0. The second kappa shape index (κ2) is 4.16. The molecule has 1 aromatic heterocycles. The molecule has 0 aromatic carbocycles. The van der Waals surface area contributed by atoms with Crippen LogP contribution in [-0.2, 0) is 6.18 Å². The van der Waals surface area contributed by atoms with Gasteiger partial charge in [-0.3, -0.25) is 0 Å². The van der Waals surface area contributed by atoms with Crippen LogP contribution in [0.1, 0.15) is 18.5 Å². The standard InChI is InChI=1S/C10H10F3NOS/c1-16-7-4-8(15-6-2-3-6)9(14-5-7)10(11,12)13/h4-6H,2-3H2,1H3. The minimum absolute atomic E-state index is 0.0694. The number of halogens is 3. The molecule has 1 fully saturated rings. The molecule has 16 heavy (non-hydrogen) atoms. The second-order valence-corrected chi connectivity index (χ2v) is 4.42. The third-order valence-electron chi connectivity index (χ3n) is 2.15. The fraction of sp³-hybridized carbons (Fsp3) is 0.500. The third kappa shape index (κ3) is 2.61. The minimum atomic E-state index is -4.46. The molecule has 0 amide bonds. The zero-order valence-corrected chi connectivity index (χ0v) is 9.36. The van der Waals surface area contributed by atoms with E-state index in [2.05, 4.69) is 4.98 Å². The molecule has 1 heterocycles. The van der Waals surface area contributed by atoms with Crippen LogP contribution in [0, 0.1) is 0 Å². The Morgan fingerprint density at radius 1 is 1.44 bits per heavy atom. The highest BCUT2D eigenvalue weighted by molar-refractivity contribution is 7.98. The van der Waals surface area contributed by atoms with E-state index in [9.17, 15) is 13.2 Å². The van der Waals surface area contributed by atoms with Crippen molar-refractivity contribution in [1.29, 1.82) is 0 Å². The van der Waals surface area contributed by atoms with Crippen LogP contribution in [0.15, 0.2) is 17.2 Å². The topological polar surface area (TPSA) is 22.1 Å². The molecule has 0 aliphatic heterocycles. The molecule has 88 valence electrons. The summed E-state index contributed by atoms with van der Waals surface area (Å²) >= 11 is 1.34. The molecule has 0 saturated heterocycles. The molecule has 0 spiro atoms. The number of hydrogen-bond donors (Lipinski definition) is 0. The van der Waals surface area contributed by atoms with E-state index in [0.717, 1.165) is 12.8 Å². The molecule has 1 aromatic rings. The van der Waals surface area contributed by atoms with E-state index >= 15 is 0 Å². The van der Waals surface area contributed by atoms with Crippen molar-refractivity contribution in [2.24, 2.45) is 0 Å². The molecule has 6 heteroatoms. The van der Waals surface area contributed by atoms with Crippen LogP contribution in [0.3, 0.4) is 0 Å². The summed E-state index contributed by atoms with van der Waals surface area (Å²) in [5.74, 6) is -0.151. The second-order valence-electron chi connectivity index (χ2n) is 3.54. The highest BCUT2D eigenvalue weighted by Gasteiger charge is 2.38. The molecule has 1 saturated carbocycles. The van der Waals surface area contributed by atoms with E-state index < -0.39 is 11.9 Å². The Kier molecular flexibility index (Phi) is 3.01. The van der Waals surface area contributed by atoms with E-state index in [4.69, 9.17) is 4.74 Å². The molecule has 0 atom stereocenters. The maximum absolute atomic E-state index is 12.6. The summed E-state index contributed by atoms with van der Waals surface area (Å²) in [7, 11) is 0. The number of thioether (sulfide) groups is 1. The van der Waals surface area contributed by atoms with Gasteiger partial charge in [0.2, 0.25) is 0 Å². The number of hydrogen-bond acceptors (Lipinski definition) is 3. The summed E-state index contributed by atoms with van der Waals surface area (Å²) in [5.41, 5.74) is -0.933. The van der Waals surface area contributed by atoms with Crippen molar-refractivity contribution in [1.82, 2.24) is 4.98 Å². The molecular formula is C10H10F3NOS. The first-order chi connectivity index (χ1) is 7.50. The lowest BCUT2D eigenvalue weighted by Crippen LogP contribution is -2.12. The summed E-state index contributed by atoms with van der Waals surface area (Å²) in [6, 6.07) is 1.40. The average Bonchev–Trinajstić information content (AvgIpc) is 3.00. The van der Waals surface area contributed by atoms with Gasteiger partial charge in [0.1, 0.15) is 0 Å². The van der Waals surface area contributed by atoms with Gasteiger partial charge in [-0.05, 0) is 25.2 Å². The van der Waals surface area contributed by atoms with Crippen LogP contribution in [0.25, 0.3) is 0 Å². The van der Waals surface area contributed by atoms with Crippen LogP contribution in [0.4, 0.5) is 13.2 Å². The first kappa shape index (κ1) is 11.6. The zero-order valence-electron chi connectivity index (χ0n) is 8.54. The van der Waals surface area contributed by atoms with Gasteiger partial charge in [0.05, 0.1) is 6.10 Å². The maximum Gasteiger partial charge on any atom is 0.437 e. The van der Waals surface area contributed by atoms with Crippen molar-refractivity contribution in [3.63, 3.8) is 0 Å². The Morgan fingerprint density at radius 2 is 2.12 bits per heavy atom. The van der Waals surface area contributed by atoms with Gasteiger partial charge < -0.3 is 4.74 Å². The summed E-state index contributed by atoms with van der Waals surface area (Å²) < 4.78 is 43.0. The molecule has 2 rings (SSSR count). The van der Waals surface area contributed by atoms with Gasteiger partial charge in [0.25, 0.3) is 0 Å². The summed E-state index contributed by atoms with van der Waals surface area (Å²) in [6.07, 6.45) is 0.112. The zero-order chi connectivity index (χ0) is 11.8. The average molecular weight is 249 g/mol. The Bertz CT molecular complexity index is 390. The molecule has 0 unspecified atom stereocenters. The number of aromatic nitrogens is 1. The van der Waals surface area contributed by atoms with E-state index in [-0.39, 0.29) is 11.9 Å². The van der Waals surface area contributed by atoms with E-state index in [1.165, 1.54) is 24.0 Å². The fourth-order valence-corrected chi connectivity index (χ4v) is 1.59. The van der Waals surface area contributed by atoms with E-state index in [0.29, 0.717) is 4.90 Å². The number of rotatable bonds is 3. The number of alkyl halides is 3. The minimum Gasteiger partial charge on any atom is -0.488 e. The lowest BCUT2D eigenvalue weighted by Gasteiger charge is -2.13. The smallest absolute Gasteiger partial charge is 0.437 e. The predicted molar refractivity (Wildman–Crippen MR) is 54.7 cm³/mol. The van der Waals surface area contributed by atoms with Gasteiger partial charge >= 0.3 is 6.18 Å². The van der Waals surface area contributed by atoms with Gasteiger partial charge in [-0.2, -0.15) is 13.2 Å². The molecule has 2 nitrogen and oxygen atoms in total. The summed E-state index contributed by atoms with van der Waals surface area (Å²) in [5, 5.41) is 0. The lowest BCUT2D eigenvalue weighted by molar-refractivity contribution is -0.142. The Balaban J connectivity index is 2.33. The number of pyridine rings is 1. The van der Waals surface area contributed by atoms with Crippen molar-refractivity contribution >= 4 is 11.8 Å². The quantitative estimate of drug-likeness (QED) is 0.767. The fourth-order valence-electron chi connectivity index (χ4n) is 1.21. The van der Waals surface area contributed by atoms with Crippen molar-refractivity contribution in [2.45, 2.75) is 30.0 Å². The Labute approximate surface area is 95.2 Å². The highest BCUT2D eigenvalue weighted by Crippen LogP contribution is 2.38. The Morgan fingerprint density at radius 3 is 2.62 bits per heavy atom. The Hall–Kier alpha value is -0.910. The van der Waals surface area contributed by atoms with Crippen LogP contribution in [0.5, 0.6) is 5.75 Å². The molecule has 1 aliphatic rings. The van der Waals surface area contributed by atoms with Crippen molar-refractivity contribution in [2.75, 3.05) is 6.26 Å². The van der Waals surface area contributed by atoms with Gasteiger partial charge in [0.15, 0.2) is 11.4 Å². The van der Waals surface area contributed by atoms with E-state index in [1.54, 1.807) is 6.26 Å². The SMILES string of the molecule is CSc1cnc(C(F)(F)F)c(OC2CC2)c1. The predicted octanol–water partition coefficient (Wildman–Crippen LogP) is 3.36.